The van der Waals surface area contributed by atoms with E-state index in [0.717, 1.165) is 31.7 Å². The molecule has 0 heterocycles. The van der Waals surface area contributed by atoms with Gasteiger partial charge in [-0.2, -0.15) is 0 Å². The van der Waals surface area contributed by atoms with Gasteiger partial charge in [-0.3, -0.25) is 0 Å². The van der Waals surface area contributed by atoms with Crippen molar-refractivity contribution in [1.29, 1.82) is 0 Å². The molecule has 1 aliphatic carbocycles. The van der Waals surface area contributed by atoms with Crippen LogP contribution in [0.5, 0.6) is 0 Å². The van der Waals surface area contributed by atoms with Gasteiger partial charge in [0.1, 0.15) is 0 Å². The van der Waals surface area contributed by atoms with Gasteiger partial charge in [0.2, 0.25) is 0 Å². The minimum atomic E-state index is -0.313. The highest BCUT2D eigenvalue weighted by Crippen LogP contribution is 2.40. The highest BCUT2D eigenvalue weighted by molar-refractivity contribution is 5.76. The van der Waals surface area contributed by atoms with Gasteiger partial charge in [-0.1, -0.05) is 26.0 Å². The molecular formula is C21H34N2O. The minimum Gasteiger partial charge on any atom is -0.398 e. The zero-order valence-electron chi connectivity index (χ0n) is 16.3. The van der Waals surface area contributed by atoms with Crippen LogP contribution in [-0.4, -0.2) is 32.1 Å². The van der Waals surface area contributed by atoms with Gasteiger partial charge in [0.15, 0.2) is 0 Å². The normalized spacial score (nSPS) is 17.9. The lowest BCUT2D eigenvalue weighted by Crippen LogP contribution is -2.27. The predicted octanol–water partition coefficient (Wildman–Crippen LogP) is 4.68. The van der Waals surface area contributed by atoms with Gasteiger partial charge in [-0.05, 0) is 75.9 Å². The first-order valence-electron chi connectivity index (χ1n) is 8.99. The molecule has 0 radical (unpaired) electrons. The zero-order valence-corrected chi connectivity index (χ0v) is 16.3. The molecule has 0 aliphatic heterocycles. The molecule has 3 heteroatoms. The van der Waals surface area contributed by atoms with Gasteiger partial charge < -0.3 is 15.4 Å². The lowest BCUT2D eigenvalue weighted by atomic mass is 9.76. The van der Waals surface area contributed by atoms with E-state index in [1.54, 1.807) is 0 Å². The maximum Gasteiger partial charge on any atom is 0.0876 e. The standard InChI is InChI=1S/C21H34N2O/c1-20(2)11-9-16(10-12-20)18-15-17(7-8-19(18)22)21(3,4)24-14-13-23(5)6/h7-9,15H,10-14,22H2,1-6H3. The molecule has 134 valence electrons. The summed E-state index contributed by atoms with van der Waals surface area (Å²) in [6, 6.07) is 6.36. The highest BCUT2D eigenvalue weighted by atomic mass is 16.5. The summed E-state index contributed by atoms with van der Waals surface area (Å²) in [4.78, 5) is 2.14. The predicted molar refractivity (Wildman–Crippen MR) is 104 cm³/mol. The first-order chi connectivity index (χ1) is 11.1. The first-order valence-corrected chi connectivity index (χ1v) is 8.99. The van der Waals surface area contributed by atoms with Crippen LogP contribution in [0.1, 0.15) is 58.1 Å². The molecule has 2 rings (SSSR count). The summed E-state index contributed by atoms with van der Waals surface area (Å²) in [7, 11) is 4.13. The third-order valence-corrected chi connectivity index (χ3v) is 5.07. The van der Waals surface area contributed by atoms with E-state index in [4.69, 9.17) is 10.5 Å². The summed E-state index contributed by atoms with van der Waals surface area (Å²) < 4.78 is 6.14. The van der Waals surface area contributed by atoms with Crippen molar-refractivity contribution >= 4 is 11.3 Å². The van der Waals surface area contributed by atoms with Gasteiger partial charge in [0.25, 0.3) is 0 Å². The number of ether oxygens (including phenoxy) is 1. The number of nitrogens with two attached hydrogens (primary N) is 1. The van der Waals surface area contributed by atoms with Crippen LogP contribution in [0.15, 0.2) is 24.3 Å². The van der Waals surface area contributed by atoms with Gasteiger partial charge in [0, 0.05) is 17.8 Å². The monoisotopic (exact) mass is 330 g/mol. The molecule has 0 amide bonds. The van der Waals surface area contributed by atoms with Crippen LogP contribution in [0.2, 0.25) is 0 Å². The number of anilines is 1. The van der Waals surface area contributed by atoms with E-state index in [1.165, 1.54) is 23.1 Å². The summed E-state index contributed by atoms with van der Waals surface area (Å²) in [6.45, 7) is 10.6. The van der Waals surface area contributed by atoms with Gasteiger partial charge >= 0.3 is 0 Å². The SMILES string of the molecule is CN(C)CCOC(C)(C)c1ccc(N)c(C2=CCC(C)(C)CC2)c1. The van der Waals surface area contributed by atoms with Crippen molar-refractivity contribution in [2.45, 2.75) is 52.6 Å². The second kappa shape index (κ2) is 7.28. The molecule has 0 saturated carbocycles. The second-order valence-electron chi connectivity index (χ2n) is 8.56. The molecule has 0 spiro atoms. The number of allylic oxidation sites excluding steroid dienone is 2. The van der Waals surface area contributed by atoms with E-state index < -0.39 is 0 Å². The fraction of sp³-hybridized carbons (Fsp3) is 0.619. The van der Waals surface area contributed by atoms with E-state index in [9.17, 15) is 0 Å². The number of likely N-dealkylation sites (N-methyl/N-ethyl adjacent to an activating group) is 1. The number of benzene rings is 1. The Bertz CT molecular complexity index is 600. The lowest BCUT2D eigenvalue weighted by Gasteiger charge is -2.31. The highest BCUT2D eigenvalue weighted by Gasteiger charge is 2.25. The van der Waals surface area contributed by atoms with Crippen molar-refractivity contribution in [3.8, 4) is 0 Å². The van der Waals surface area contributed by atoms with Crippen molar-refractivity contribution in [3.63, 3.8) is 0 Å². The topological polar surface area (TPSA) is 38.5 Å². The molecule has 1 aliphatic rings. The van der Waals surface area contributed by atoms with E-state index in [2.05, 4.69) is 64.9 Å². The Morgan fingerprint density at radius 1 is 1.25 bits per heavy atom. The molecule has 1 aromatic rings. The van der Waals surface area contributed by atoms with Crippen molar-refractivity contribution in [2.24, 2.45) is 5.41 Å². The van der Waals surface area contributed by atoms with Crippen molar-refractivity contribution < 1.29 is 4.74 Å². The Morgan fingerprint density at radius 2 is 1.96 bits per heavy atom. The number of rotatable bonds is 6. The van der Waals surface area contributed by atoms with Crippen LogP contribution in [0, 0.1) is 5.41 Å². The van der Waals surface area contributed by atoms with E-state index in [1.807, 2.05) is 6.07 Å². The average Bonchev–Trinajstić information content (AvgIpc) is 2.47. The third kappa shape index (κ3) is 4.84. The molecule has 0 saturated heterocycles. The van der Waals surface area contributed by atoms with Gasteiger partial charge in [-0.15, -0.1) is 0 Å². The van der Waals surface area contributed by atoms with Crippen molar-refractivity contribution in [3.05, 3.63) is 35.4 Å². The third-order valence-electron chi connectivity index (χ3n) is 5.07. The Morgan fingerprint density at radius 3 is 2.54 bits per heavy atom. The summed E-state index contributed by atoms with van der Waals surface area (Å²) >= 11 is 0. The lowest BCUT2D eigenvalue weighted by molar-refractivity contribution is -0.0268. The zero-order chi connectivity index (χ0) is 18.0. The molecule has 24 heavy (non-hydrogen) atoms. The fourth-order valence-corrected chi connectivity index (χ4v) is 3.10. The minimum absolute atomic E-state index is 0.313. The van der Waals surface area contributed by atoms with Crippen LogP contribution in [-0.2, 0) is 10.3 Å². The van der Waals surface area contributed by atoms with Crippen molar-refractivity contribution in [1.82, 2.24) is 4.90 Å². The maximum absolute atomic E-state index is 6.28. The summed E-state index contributed by atoms with van der Waals surface area (Å²) in [5.74, 6) is 0. The first kappa shape index (κ1) is 19.0. The summed E-state index contributed by atoms with van der Waals surface area (Å²) in [5, 5.41) is 0. The summed E-state index contributed by atoms with van der Waals surface area (Å²) in [5.41, 5.74) is 11.0. The summed E-state index contributed by atoms with van der Waals surface area (Å²) in [6.07, 6.45) is 5.81. The number of nitrogen functional groups attached to an aromatic ring is 1. The molecule has 1 aromatic carbocycles. The number of nitrogens with zero attached hydrogens (tertiary/aromatic N) is 1. The molecule has 0 bridgehead atoms. The smallest absolute Gasteiger partial charge is 0.0876 e. The molecule has 2 N–H and O–H groups in total. The van der Waals surface area contributed by atoms with E-state index >= 15 is 0 Å². The van der Waals surface area contributed by atoms with Crippen LogP contribution in [0.4, 0.5) is 5.69 Å². The van der Waals surface area contributed by atoms with Gasteiger partial charge in [-0.25, -0.2) is 0 Å². The largest absolute Gasteiger partial charge is 0.398 e. The van der Waals surface area contributed by atoms with Crippen molar-refractivity contribution in [2.75, 3.05) is 33.0 Å². The maximum atomic E-state index is 6.28. The van der Waals surface area contributed by atoms with Crippen LogP contribution in [0.25, 0.3) is 5.57 Å². The quantitative estimate of drug-likeness (QED) is 0.770. The molecule has 3 nitrogen and oxygen atoms in total. The Labute approximate surface area is 147 Å². The van der Waals surface area contributed by atoms with Gasteiger partial charge in [0.05, 0.1) is 12.2 Å². The Hall–Kier alpha value is -1.32. The number of hydrogen-bond acceptors (Lipinski definition) is 3. The second-order valence-corrected chi connectivity index (χ2v) is 8.56. The number of hydrogen-bond donors (Lipinski definition) is 1. The molecule has 0 atom stereocenters. The van der Waals surface area contributed by atoms with Crippen LogP contribution < -0.4 is 5.73 Å². The van der Waals surface area contributed by atoms with Crippen LogP contribution >= 0.6 is 0 Å². The Kier molecular flexibility index (Phi) is 5.77. The molecule has 0 aromatic heterocycles. The van der Waals surface area contributed by atoms with Crippen LogP contribution in [0.3, 0.4) is 0 Å². The molecular weight excluding hydrogens is 296 g/mol. The van der Waals surface area contributed by atoms with E-state index in [-0.39, 0.29) is 5.60 Å². The molecule has 0 fully saturated rings. The van der Waals surface area contributed by atoms with E-state index in [0.29, 0.717) is 5.41 Å². The fourth-order valence-electron chi connectivity index (χ4n) is 3.10. The average molecular weight is 331 g/mol. The Balaban J connectivity index is 2.20. The molecule has 0 unspecified atom stereocenters.